The Hall–Kier alpha value is -5.74. The van der Waals surface area contributed by atoms with Gasteiger partial charge < -0.3 is 25.0 Å². The fourth-order valence-electron chi connectivity index (χ4n) is 6.76. The molecule has 2 heterocycles. The number of unbranched alkanes of at least 4 members (excludes halogenated alkanes) is 2. The van der Waals surface area contributed by atoms with Gasteiger partial charge in [-0.3, -0.25) is 14.4 Å². The quantitative estimate of drug-likeness (QED) is 0.115. The summed E-state index contributed by atoms with van der Waals surface area (Å²) in [4.78, 5) is 45.4. The Balaban J connectivity index is 1.30. The van der Waals surface area contributed by atoms with Crippen molar-refractivity contribution in [1.29, 1.82) is 0 Å². The number of fused-ring (bicyclic) bond motifs is 1. The number of rotatable bonds is 15. The molecule has 10 nitrogen and oxygen atoms in total. The smallest absolute Gasteiger partial charge is 0.274 e. The van der Waals surface area contributed by atoms with Crippen LogP contribution in [0.4, 0.5) is 5.69 Å². The summed E-state index contributed by atoms with van der Waals surface area (Å²) in [5, 5.41) is 18.2. The van der Waals surface area contributed by atoms with E-state index in [1.807, 2.05) is 66.4 Å². The zero-order chi connectivity index (χ0) is 38.0. The second-order valence-corrected chi connectivity index (χ2v) is 13.8. The zero-order valence-electron chi connectivity index (χ0n) is 31.3. The van der Waals surface area contributed by atoms with Gasteiger partial charge in [0.1, 0.15) is 12.4 Å². The maximum atomic E-state index is 14.7. The molecule has 0 aliphatic carbocycles. The number of hydrogen-bond donors (Lipinski definition) is 2. The zero-order valence-corrected chi connectivity index (χ0v) is 31.3. The number of aliphatic hydroxyl groups is 1. The number of anilines is 1. The van der Waals surface area contributed by atoms with Crippen molar-refractivity contribution in [2.45, 2.75) is 72.1 Å². The number of hydrogen-bond acceptors (Lipinski definition) is 6. The molecule has 0 spiro atoms. The lowest BCUT2D eigenvalue weighted by atomic mass is 9.93. The van der Waals surface area contributed by atoms with Crippen LogP contribution in [0.3, 0.4) is 0 Å². The van der Waals surface area contributed by atoms with Crippen molar-refractivity contribution in [3.05, 3.63) is 142 Å². The summed E-state index contributed by atoms with van der Waals surface area (Å²) in [5.74, 6) is -0.163. The minimum atomic E-state index is -0.442. The molecule has 1 aliphatic heterocycles. The highest BCUT2D eigenvalue weighted by molar-refractivity contribution is 6.06. The van der Waals surface area contributed by atoms with Crippen LogP contribution in [-0.4, -0.2) is 68.1 Å². The van der Waals surface area contributed by atoms with E-state index in [9.17, 15) is 19.5 Å². The van der Waals surface area contributed by atoms with Gasteiger partial charge in [-0.2, -0.15) is 5.10 Å². The van der Waals surface area contributed by atoms with Gasteiger partial charge >= 0.3 is 0 Å². The molecule has 1 aliphatic rings. The highest BCUT2D eigenvalue weighted by Gasteiger charge is 2.32. The second kappa shape index (κ2) is 17.9. The number of aromatic nitrogens is 2. The molecule has 2 N–H and O–H groups in total. The van der Waals surface area contributed by atoms with E-state index in [4.69, 9.17) is 9.84 Å². The van der Waals surface area contributed by atoms with Crippen LogP contribution in [0.15, 0.2) is 103 Å². The van der Waals surface area contributed by atoms with Crippen LogP contribution in [-0.2, 0) is 19.6 Å². The molecular formula is C44H49N5O5. The summed E-state index contributed by atoms with van der Waals surface area (Å²) >= 11 is 0. The van der Waals surface area contributed by atoms with Gasteiger partial charge in [-0.25, -0.2) is 4.68 Å². The van der Waals surface area contributed by atoms with Crippen molar-refractivity contribution in [1.82, 2.24) is 19.6 Å². The maximum absolute atomic E-state index is 14.7. The standard InChI is InChI=1S/C44H49N5O5/c1-4-6-23-47(24-7-5-2)44(53)40-25-31(3)49(46-40)41-22-19-36(27-39(41)43(52)48-28-35-16-12-11-15-34(35)26-37(48)29-50)45-42(51)33-17-20-38(21-18-33)54-30-32-13-9-8-10-14-32/h8-22,25,27,37,50H,4-7,23-24,26,28-30H2,1-3H3,(H,45,51)/t37-/m0/s1. The average Bonchev–Trinajstić information content (AvgIpc) is 3.60. The Morgan fingerprint density at radius 3 is 2.24 bits per heavy atom. The number of nitrogens with one attached hydrogen (secondary N) is 1. The molecule has 0 saturated carbocycles. The van der Waals surface area contributed by atoms with E-state index in [0.29, 0.717) is 66.7 Å². The normalized spacial score (nSPS) is 13.6. The fourth-order valence-corrected chi connectivity index (χ4v) is 6.76. The minimum absolute atomic E-state index is 0.139. The third-order valence-corrected chi connectivity index (χ3v) is 9.86. The predicted molar refractivity (Wildman–Crippen MR) is 210 cm³/mol. The van der Waals surface area contributed by atoms with E-state index < -0.39 is 6.04 Å². The lowest BCUT2D eigenvalue weighted by Crippen LogP contribution is -2.46. The number of carbonyl (C=O) groups is 3. The molecule has 0 saturated heterocycles. The number of carbonyl (C=O) groups excluding carboxylic acids is 3. The summed E-state index contributed by atoms with van der Waals surface area (Å²) in [5.41, 5.74) is 5.75. The highest BCUT2D eigenvalue weighted by Crippen LogP contribution is 2.29. The van der Waals surface area contributed by atoms with Crippen LogP contribution in [0, 0.1) is 6.92 Å². The number of ether oxygens (including phenoxy) is 1. The van der Waals surface area contributed by atoms with Crippen molar-refractivity contribution in [2.24, 2.45) is 0 Å². The van der Waals surface area contributed by atoms with Gasteiger partial charge in [-0.1, -0.05) is 81.3 Å². The van der Waals surface area contributed by atoms with Gasteiger partial charge in [0.15, 0.2) is 5.69 Å². The Labute approximate surface area is 317 Å². The third kappa shape index (κ3) is 8.89. The van der Waals surface area contributed by atoms with Gasteiger partial charge in [0.25, 0.3) is 17.7 Å². The molecule has 6 rings (SSSR count). The molecule has 1 atom stereocenters. The van der Waals surface area contributed by atoms with Gasteiger partial charge in [-0.15, -0.1) is 0 Å². The molecule has 0 radical (unpaired) electrons. The van der Waals surface area contributed by atoms with Crippen LogP contribution in [0.1, 0.15) is 93.1 Å². The molecule has 4 aromatic carbocycles. The molecule has 3 amide bonds. The molecular weight excluding hydrogens is 679 g/mol. The van der Waals surface area contributed by atoms with E-state index in [2.05, 4.69) is 19.2 Å². The van der Waals surface area contributed by atoms with E-state index in [1.54, 1.807) is 58.1 Å². The van der Waals surface area contributed by atoms with Crippen LogP contribution in [0.5, 0.6) is 5.75 Å². The molecule has 10 heteroatoms. The molecule has 1 aromatic heterocycles. The summed E-state index contributed by atoms with van der Waals surface area (Å²) in [6, 6.07) is 31.1. The molecule has 54 heavy (non-hydrogen) atoms. The van der Waals surface area contributed by atoms with E-state index in [1.165, 1.54) is 0 Å². The van der Waals surface area contributed by atoms with Gasteiger partial charge in [0.05, 0.1) is 23.9 Å². The first-order valence-electron chi connectivity index (χ1n) is 18.9. The summed E-state index contributed by atoms with van der Waals surface area (Å²) in [7, 11) is 0. The van der Waals surface area contributed by atoms with Gasteiger partial charge in [0.2, 0.25) is 0 Å². The van der Waals surface area contributed by atoms with Crippen molar-refractivity contribution in [3.63, 3.8) is 0 Å². The lowest BCUT2D eigenvalue weighted by Gasteiger charge is -2.36. The van der Waals surface area contributed by atoms with Crippen molar-refractivity contribution < 1.29 is 24.2 Å². The van der Waals surface area contributed by atoms with Gasteiger partial charge in [0, 0.05) is 36.6 Å². The average molecular weight is 728 g/mol. The number of aryl methyl sites for hydroxylation is 1. The minimum Gasteiger partial charge on any atom is -0.489 e. The lowest BCUT2D eigenvalue weighted by molar-refractivity contribution is 0.0544. The topological polar surface area (TPSA) is 117 Å². The van der Waals surface area contributed by atoms with Crippen molar-refractivity contribution in [3.8, 4) is 11.4 Å². The van der Waals surface area contributed by atoms with E-state index >= 15 is 0 Å². The summed E-state index contributed by atoms with van der Waals surface area (Å²) in [6.07, 6.45) is 4.26. The fraction of sp³-hybridized carbons (Fsp3) is 0.318. The van der Waals surface area contributed by atoms with Crippen molar-refractivity contribution in [2.75, 3.05) is 25.0 Å². The van der Waals surface area contributed by atoms with Crippen LogP contribution in [0.25, 0.3) is 5.69 Å². The predicted octanol–water partition coefficient (Wildman–Crippen LogP) is 7.61. The van der Waals surface area contributed by atoms with Crippen LogP contribution >= 0.6 is 0 Å². The van der Waals surface area contributed by atoms with E-state index in [0.717, 1.165) is 42.4 Å². The summed E-state index contributed by atoms with van der Waals surface area (Å²) in [6.45, 7) is 7.90. The Morgan fingerprint density at radius 2 is 1.56 bits per heavy atom. The Bertz CT molecular complexity index is 2050. The van der Waals surface area contributed by atoms with E-state index in [-0.39, 0.29) is 29.9 Å². The van der Waals surface area contributed by atoms with Crippen LogP contribution in [0.2, 0.25) is 0 Å². The first kappa shape index (κ1) is 38.0. The second-order valence-electron chi connectivity index (χ2n) is 13.8. The Morgan fingerprint density at radius 1 is 0.870 bits per heavy atom. The largest absolute Gasteiger partial charge is 0.489 e. The number of aliphatic hydroxyl groups excluding tert-OH is 1. The first-order valence-corrected chi connectivity index (χ1v) is 18.9. The summed E-state index contributed by atoms with van der Waals surface area (Å²) < 4.78 is 7.52. The molecule has 280 valence electrons. The third-order valence-electron chi connectivity index (χ3n) is 9.86. The molecule has 5 aromatic rings. The molecule has 0 unspecified atom stereocenters. The monoisotopic (exact) mass is 727 g/mol. The molecule has 0 fully saturated rings. The van der Waals surface area contributed by atoms with Gasteiger partial charge in [-0.05, 0) is 91.4 Å². The maximum Gasteiger partial charge on any atom is 0.274 e. The Kier molecular flexibility index (Phi) is 12.6. The highest BCUT2D eigenvalue weighted by atomic mass is 16.5. The number of nitrogens with zero attached hydrogens (tertiary/aromatic N) is 4. The number of benzene rings is 4. The SMILES string of the molecule is CCCCN(CCCC)C(=O)c1cc(C)n(-c2ccc(NC(=O)c3ccc(OCc4ccccc4)cc3)cc2C(=O)N2Cc3ccccc3C[C@H]2CO)n1. The first-order chi connectivity index (χ1) is 26.3. The molecule has 0 bridgehead atoms. The number of amides is 3. The van der Waals surface area contributed by atoms with Crippen molar-refractivity contribution >= 4 is 23.4 Å². The van der Waals surface area contributed by atoms with Crippen LogP contribution < -0.4 is 10.1 Å².